The molecular weight excluding hydrogens is 202 g/mol. The average molecular weight is 223 g/mol. The van der Waals surface area contributed by atoms with Crippen LogP contribution in [0.5, 0.6) is 0 Å². The Morgan fingerprint density at radius 3 is 2.75 bits per heavy atom. The van der Waals surface area contributed by atoms with Gasteiger partial charge in [0.2, 0.25) is 0 Å². The maximum Gasteiger partial charge on any atom is 0.118 e. The average Bonchev–Trinajstić information content (AvgIpc) is 2.71. The molecule has 1 unspecified atom stereocenters. The van der Waals surface area contributed by atoms with Crippen molar-refractivity contribution in [3.05, 3.63) is 23.7 Å². The molecule has 2 heterocycles. The van der Waals surface area contributed by atoms with E-state index < -0.39 is 0 Å². The van der Waals surface area contributed by atoms with Crippen molar-refractivity contribution >= 4 is 0 Å². The molecule has 0 aliphatic carbocycles. The first-order valence-electron chi connectivity index (χ1n) is 5.89. The third-order valence-corrected chi connectivity index (χ3v) is 3.34. The van der Waals surface area contributed by atoms with Crippen LogP contribution in [0.1, 0.15) is 18.4 Å². The molecule has 1 aromatic rings. The van der Waals surface area contributed by atoms with Gasteiger partial charge in [-0.15, -0.1) is 0 Å². The fourth-order valence-corrected chi connectivity index (χ4v) is 2.10. The number of nitrogens with zero attached hydrogens (tertiary/aromatic N) is 2. The zero-order valence-electron chi connectivity index (χ0n) is 10.1. The summed E-state index contributed by atoms with van der Waals surface area (Å²) in [5.41, 5.74) is 5.52. The van der Waals surface area contributed by atoms with E-state index in [2.05, 4.69) is 23.8 Å². The molecule has 1 aliphatic rings. The molecule has 1 atom stereocenters. The van der Waals surface area contributed by atoms with Gasteiger partial charge in [-0.25, -0.2) is 0 Å². The van der Waals surface area contributed by atoms with E-state index in [1.165, 1.54) is 0 Å². The highest BCUT2D eigenvalue weighted by Crippen LogP contribution is 2.13. The SMILES string of the molecule is CC1CN(Cc2ccc(CN)o2)CCN1C. The summed E-state index contributed by atoms with van der Waals surface area (Å²) in [5.74, 6) is 1.90. The Morgan fingerprint density at radius 1 is 1.38 bits per heavy atom. The van der Waals surface area contributed by atoms with Gasteiger partial charge >= 0.3 is 0 Å². The first-order chi connectivity index (χ1) is 7.69. The predicted molar refractivity (Wildman–Crippen MR) is 64.0 cm³/mol. The normalized spacial score (nSPS) is 23.8. The van der Waals surface area contributed by atoms with Gasteiger partial charge in [0.1, 0.15) is 11.5 Å². The first kappa shape index (κ1) is 11.6. The summed E-state index contributed by atoms with van der Waals surface area (Å²) in [6, 6.07) is 4.62. The molecule has 4 heteroatoms. The van der Waals surface area contributed by atoms with Gasteiger partial charge in [-0.3, -0.25) is 4.90 Å². The van der Waals surface area contributed by atoms with Crippen LogP contribution in [-0.2, 0) is 13.1 Å². The van der Waals surface area contributed by atoms with E-state index in [0.717, 1.165) is 37.7 Å². The van der Waals surface area contributed by atoms with Gasteiger partial charge in [-0.1, -0.05) is 0 Å². The van der Waals surface area contributed by atoms with Gasteiger partial charge in [0.25, 0.3) is 0 Å². The fraction of sp³-hybridized carbons (Fsp3) is 0.667. The number of furan rings is 1. The van der Waals surface area contributed by atoms with Crippen LogP contribution in [0.4, 0.5) is 0 Å². The van der Waals surface area contributed by atoms with Gasteiger partial charge in [-0.2, -0.15) is 0 Å². The highest BCUT2D eigenvalue weighted by molar-refractivity contribution is 5.07. The third-order valence-electron chi connectivity index (χ3n) is 3.34. The standard InChI is InChI=1S/C12H21N3O/c1-10-8-15(6-5-14(10)2)9-12-4-3-11(7-13)16-12/h3-4,10H,5-9,13H2,1-2H3. The van der Waals surface area contributed by atoms with Crippen molar-refractivity contribution in [2.45, 2.75) is 26.1 Å². The van der Waals surface area contributed by atoms with Gasteiger partial charge < -0.3 is 15.1 Å². The molecule has 2 rings (SSSR count). The summed E-state index contributed by atoms with van der Waals surface area (Å²) in [6.07, 6.45) is 0. The monoisotopic (exact) mass is 223 g/mol. The van der Waals surface area contributed by atoms with Crippen LogP contribution in [0, 0.1) is 0 Å². The van der Waals surface area contributed by atoms with E-state index in [-0.39, 0.29) is 0 Å². The molecule has 0 spiro atoms. The maximum absolute atomic E-state index is 5.62. The van der Waals surface area contributed by atoms with Crippen LogP contribution in [0.15, 0.2) is 16.5 Å². The minimum Gasteiger partial charge on any atom is -0.463 e. The molecule has 16 heavy (non-hydrogen) atoms. The second-order valence-electron chi connectivity index (χ2n) is 4.64. The summed E-state index contributed by atoms with van der Waals surface area (Å²) in [5, 5.41) is 0. The second kappa shape index (κ2) is 4.99. The molecule has 1 aromatic heterocycles. The van der Waals surface area contributed by atoms with Gasteiger partial charge in [0, 0.05) is 25.7 Å². The Labute approximate surface area is 97.0 Å². The lowest BCUT2D eigenvalue weighted by Crippen LogP contribution is -2.49. The fourth-order valence-electron chi connectivity index (χ4n) is 2.10. The molecule has 90 valence electrons. The van der Waals surface area contributed by atoms with E-state index in [1.807, 2.05) is 12.1 Å². The first-order valence-corrected chi connectivity index (χ1v) is 5.89. The summed E-state index contributed by atoms with van der Waals surface area (Å²) in [4.78, 5) is 4.83. The Bertz CT molecular complexity index is 337. The largest absolute Gasteiger partial charge is 0.463 e. The second-order valence-corrected chi connectivity index (χ2v) is 4.64. The van der Waals surface area contributed by atoms with Gasteiger partial charge in [-0.05, 0) is 26.1 Å². The van der Waals surface area contributed by atoms with Gasteiger partial charge in [0.15, 0.2) is 0 Å². The van der Waals surface area contributed by atoms with Crippen LogP contribution >= 0.6 is 0 Å². The molecule has 0 amide bonds. The Morgan fingerprint density at radius 2 is 2.12 bits per heavy atom. The topological polar surface area (TPSA) is 45.6 Å². The minimum absolute atomic E-state index is 0.485. The minimum atomic E-state index is 0.485. The lowest BCUT2D eigenvalue weighted by Gasteiger charge is -2.37. The van der Waals surface area contributed by atoms with E-state index >= 15 is 0 Å². The summed E-state index contributed by atoms with van der Waals surface area (Å²) < 4.78 is 5.62. The number of rotatable bonds is 3. The molecule has 0 saturated carbocycles. The zero-order chi connectivity index (χ0) is 11.5. The van der Waals surface area contributed by atoms with Crippen molar-refractivity contribution < 1.29 is 4.42 Å². The Hall–Kier alpha value is -0.840. The predicted octanol–water partition coefficient (Wildman–Crippen LogP) is 0.874. The van der Waals surface area contributed by atoms with Crippen LogP contribution in [0.25, 0.3) is 0 Å². The number of likely N-dealkylation sites (N-methyl/N-ethyl adjacent to an activating group) is 1. The summed E-state index contributed by atoms with van der Waals surface area (Å²) in [7, 11) is 2.18. The van der Waals surface area contributed by atoms with Crippen molar-refractivity contribution in [1.82, 2.24) is 9.80 Å². The van der Waals surface area contributed by atoms with Crippen molar-refractivity contribution in [1.29, 1.82) is 0 Å². The molecule has 1 saturated heterocycles. The number of hydrogen-bond acceptors (Lipinski definition) is 4. The molecule has 1 fully saturated rings. The van der Waals surface area contributed by atoms with Crippen LogP contribution in [-0.4, -0.2) is 42.5 Å². The van der Waals surface area contributed by atoms with Crippen LogP contribution in [0.2, 0.25) is 0 Å². The lowest BCUT2D eigenvalue weighted by molar-refractivity contribution is 0.0943. The number of nitrogens with two attached hydrogens (primary N) is 1. The summed E-state index contributed by atoms with van der Waals surface area (Å²) in [6.45, 7) is 7.00. The smallest absolute Gasteiger partial charge is 0.118 e. The van der Waals surface area contributed by atoms with Crippen molar-refractivity contribution in [2.75, 3.05) is 26.7 Å². The highest BCUT2D eigenvalue weighted by Gasteiger charge is 2.21. The zero-order valence-corrected chi connectivity index (χ0v) is 10.1. The van der Waals surface area contributed by atoms with E-state index in [4.69, 9.17) is 10.2 Å². The molecule has 0 radical (unpaired) electrons. The lowest BCUT2D eigenvalue weighted by atomic mass is 10.2. The van der Waals surface area contributed by atoms with Crippen molar-refractivity contribution in [3.8, 4) is 0 Å². The highest BCUT2D eigenvalue weighted by atomic mass is 16.3. The molecular formula is C12H21N3O. The van der Waals surface area contributed by atoms with Crippen LogP contribution in [0.3, 0.4) is 0 Å². The van der Waals surface area contributed by atoms with E-state index in [0.29, 0.717) is 12.6 Å². The number of hydrogen-bond donors (Lipinski definition) is 1. The maximum atomic E-state index is 5.62. The Kier molecular flexibility index (Phi) is 3.63. The molecule has 0 aromatic carbocycles. The van der Waals surface area contributed by atoms with Crippen LogP contribution < -0.4 is 5.73 Å². The molecule has 1 aliphatic heterocycles. The Balaban J connectivity index is 1.90. The third kappa shape index (κ3) is 2.64. The molecule has 4 nitrogen and oxygen atoms in total. The summed E-state index contributed by atoms with van der Waals surface area (Å²) >= 11 is 0. The van der Waals surface area contributed by atoms with E-state index in [1.54, 1.807) is 0 Å². The van der Waals surface area contributed by atoms with E-state index in [9.17, 15) is 0 Å². The van der Waals surface area contributed by atoms with Crippen molar-refractivity contribution in [2.24, 2.45) is 5.73 Å². The van der Waals surface area contributed by atoms with Crippen molar-refractivity contribution in [3.63, 3.8) is 0 Å². The van der Waals surface area contributed by atoms with Gasteiger partial charge in [0.05, 0.1) is 13.1 Å². The number of piperazine rings is 1. The molecule has 0 bridgehead atoms. The molecule has 2 N–H and O–H groups in total. The quantitative estimate of drug-likeness (QED) is 0.826.